The fraction of sp³-hybridized carbons (Fsp3) is 0.286. The first kappa shape index (κ1) is 19.0. The zero-order chi connectivity index (χ0) is 19.5. The number of fused-ring (bicyclic) bond motifs is 3. The number of para-hydroxylation sites is 1. The highest BCUT2D eigenvalue weighted by Crippen LogP contribution is 2.31. The van der Waals surface area contributed by atoms with Gasteiger partial charge in [0.2, 0.25) is 5.91 Å². The molecule has 0 aliphatic carbocycles. The van der Waals surface area contributed by atoms with E-state index in [9.17, 15) is 4.79 Å². The van der Waals surface area contributed by atoms with Crippen molar-refractivity contribution < 1.29 is 4.79 Å². The maximum Gasteiger partial charge on any atom is 0.234 e. The number of nitrogens with one attached hydrogen (secondary N) is 1. The van der Waals surface area contributed by atoms with Crippen LogP contribution in [0.25, 0.3) is 21.8 Å². The minimum atomic E-state index is -0.0316. The Morgan fingerprint density at radius 1 is 1.11 bits per heavy atom. The molecule has 5 nitrogen and oxygen atoms in total. The van der Waals surface area contributed by atoms with E-state index in [1.54, 1.807) is 11.3 Å². The van der Waals surface area contributed by atoms with E-state index in [-0.39, 0.29) is 5.91 Å². The molecule has 0 radical (unpaired) electrons. The van der Waals surface area contributed by atoms with Crippen molar-refractivity contribution in [1.29, 1.82) is 0 Å². The third-order valence-corrected chi connectivity index (χ3v) is 6.73. The van der Waals surface area contributed by atoms with Crippen molar-refractivity contribution in [3.63, 3.8) is 0 Å². The Kier molecular flexibility index (Phi) is 5.64. The van der Waals surface area contributed by atoms with Gasteiger partial charge >= 0.3 is 0 Å². The molecule has 2 aromatic carbocycles. The molecule has 0 spiro atoms. The van der Waals surface area contributed by atoms with Gasteiger partial charge in [-0.3, -0.25) is 4.79 Å². The number of benzene rings is 2. The van der Waals surface area contributed by atoms with Gasteiger partial charge in [-0.15, -0.1) is 10.2 Å². The number of hydrogen-bond donors (Lipinski definition) is 1. The van der Waals surface area contributed by atoms with Crippen molar-refractivity contribution in [2.75, 3.05) is 11.1 Å². The van der Waals surface area contributed by atoms with E-state index in [2.05, 4.69) is 70.3 Å². The number of thioether (sulfide) groups is 1. The van der Waals surface area contributed by atoms with Gasteiger partial charge in [0, 0.05) is 40.5 Å². The van der Waals surface area contributed by atoms with Crippen molar-refractivity contribution in [2.24, 2.45) is 0 Å². The summed E-state index contributed by atoms with van der Waals surface area (Å²) in [6, 6.07) is 14.5. The molecule has 0 aliphatic rings. The van der Waals surface area contributed by atoms with Gasteiger partial charge in [-0.2, -0.15) is 0 Å². The lowest BCUT2D eigenvalue weighted by Crippen LogP contribution is -2.13. The van der Waals surface area contributed by atoms with Gasteiger partial charge in [0.25, 0.3) is 0 Å². The summed E-state index contributed by atoms with van der Waals surface area (Å²) in [6.07, 6.45) is 1.99. The maximum atomic E-state index is 12.4. The average Bonchev–Trinajstić information content (AvgIpc) is 3.28. The van der Waals surface area contributed by atoms with Crippen molar-refractivity contribution in [3.8, 4) is 0 Å². The largest absolute Gasteiger partial charge is 0.341 e. The summed E-state index contributed by atoms with van der Waals surface area (Å²) >= 11 is 3.01. The standard InChI is InChI=1S/C21H22N4OS2/c1-3-7-20-23-24-21(28-20)27-13-19(26)22-14-10-11-18-16(12-14)15-8-5-6-9-17(15)25(18)4-2/h5-6,8-12H,3-4,7,13H2,1-2H3,(H,22,26). The normalized spacial score (nSPS) is 11.4. The Morgan fingerprint density at radius 3 is 2.75 bits per heavy atom. The second-order valence-electron chi connectivity index (χ2n) is 6.54. The van der Waals surface area contributed by atoms with Gasteiger partial charge in [-0.1, -0.05) is 48.2 Å². The van der Waals surface area contributed by atoms with E-state index in [0.717, 1.165) is 39.8 Å². The van der Waals surface area contributed by atoms with E-state index in [1.807, 2.05) is 6.07 Å². The summed E-state index contributed by atoms with van der Waals surface area (Å²) in [5.74, 6) is 0.297. The van der Waals surface area contributed by atoms with E-state index in [0.29, 0.717) is 5.75 Å². The van der Waals surface area contributed by atoms with Crippen molar-refractivity contribution in [3.05, 3.63) is 47.5 Å². The summed E-state index contributed by atoms with van der Waals surface area (Å²) in [4.78, 5) is 12.4. The highest BCUT2D eigenvalue weighted by Gasteiger charge is 2.12. The minimum absolute atomic E-state index is 0.0316. The topological polar surface area (TPSA) is 59.8 Å². The molecule has 4 aromatic rings. The lowest BCUT2D eigenvalue weighted by Gasteiger charge is -2.06. The molecule has 7 heteroatoms. The lowest BCUT2D eigenvalue weighted by atomic mass is 10.1. The molecule has 0 unspecified atom stereocenters. The van der Waals surface area contributed by atoms with Crippen LogP contribution in [0.1, 0.15) is 25.3 Å². The smallest absolute Gasteiger partial charge is 0.234 e. The maximum absolute atomic E-state index is 12.4. The fourth-order valence-corrected chi connectivity index (χ4v) is 5.21. The van der Waals surface area contributed by atoms with Crippen LogP contribution in [0, 0.1) is 0 Å². The molecule has 1 amide bonds. The van der Waals surface area contributed by atoms with Gasteiger partial charge in [-0.25, -0.2) is 0 Å². The van der Waals surface area contributed by atoms with Gasteiger partial charge in [0.05, 0.1) is 5.75 Å². The van der Waals surface area contributed by atoms with Crippen molar-refractivity contribution >= 4 is 56.5 Å². The van der Waals surface area contributed by atoms with Crippen LogP contribution in [0.4, 0.5) is 5.69 Å². The molecule has 0 saturated carbocycles. The molecule has 0 saturated heterocycles. The predicted octanol–water partition coefficient (Wildman–Crippen LogP) is 5.35. The number of nitrogens with zero attached hydrogens (tertiary/aromatic N) is 3. The van der Waals surface area contributed by atoms with Crippen LogP contribution in [-0.4, -0.2) is 26.4 Å². The van der Waals surface area contributed by atoms with Gasteiger partial charge < -0.3 is 9.88 Å². The third-order valence-electron chi connectivity index (χ3n) is 4.61. The lowest BCUT2D eigenvalue weighted by molar-refractivity contribution is -0.113. The Morgan fingerprint density at radius 2 is 1.93 bits per heavy atom. The zero-order valence-electron chi connectivity index (χ0n) is 15.9. The Hall–Kier alpha value is -2.38. The molecule has 4 rings (SSSR count). The fourth-order valence-electron chi connectivity index (χ4n) is 3.41. The molecule has 28 heavy (non-hydrogen) atoms. The molecule has 144 valence electrons. The van der Waals surface area contributed by atoms with E-state index >= 15 is 0 Å². The Bertz CT molecular complexity index is 1130. The number of amides is 1. The minimum Gasteiger partial charge on any atom is -0.341 e. The van der Waals surface area contributed by atoms with E-state index < -0.39 is 0 Å². The summed E-state index contributed by atoms with van der Waals surface area (Å²) in [7, 11) is 0. The summed E-state index contributed by atoms with van der Waals surface area (Å²) in [5.41, 5.74) is 3.23. The molecule has 0 atom stereocenters. The first-order valence-electron chi connectivity index (χ1n) is 9.45. The number of hydrogen-bond acceptors (Lipinski definition) is 5. The quantitative estimate of drug-likeness (QED) is 0.417. The molecule has 0 fully saturated rings. The predicted molar refractivity (Wildman–Crippen MR) is 118 cm³/mol. The number of aromatic nitrogens is 3. The summed E-state index contributed by atoms with van der Waals surface area (Å²) in [5, 5.41) is 14.7. The molecule has 1 N–H and O–H groups in total. The number of carbonyl (C=O) groups is 1. The highest BCUT2D eigenvalue weighted by molar-refractivity contribution is 8.01. The van der Waals surface area contributed by atoms with Gasteiger partial charge in [0.15, 0.2) is 4.34 Å². The van der Waals surface area contributed by atoms with Crippen LogP contribution in [-0.2, 0) is 17.8 Å². The van der Waals surface area contributed by atoms with Crippen LogP contribution in [0.3, 0.4) is 0 Å². The molecular weight excluding hydrogens is 388 g/mol. The highest BCUT2D eigenvalue weighted by atomic mass is 32.2. The molecular formula is C21H22N4OS2. The number of rotatable bonds is 7. The van der Waals surface area contributed by atoms with Gasteiger partial charge in [-0.05, 0) is 37.6 Å². The molecule has 0 aliphatic heterocycles. The first-order chi connectivity index (χ1) is 13.7. The van der Waals surface area contributed by atoms with Crippen molar-refractivity contribution in [2.45, 2.75) is 37.6 Å². The van der Waals surface area contributed by atoms with Crippen LogP contribution >= 0.6 is 23.1 Å². The van der Waals surface area contributed by atoms with Gasteiger partial charge in [0.1, 0.15) is 5.01 Å². The van der Waals surface area contributed by atoms with Crippen LogP contribution in [0.5, 0.6) is 0 Å². The second-order valence-corrected chi connectivity index (χ2v) is 8.83. The van der Waals surface area contributed by atoms with E-state index in [1.165, 1.54) is 28.2 Å². The van der Waals surface area contributed by atoms with Crippen LogP contribution in [0.15, 0.2) is 46.8 Å². The second kappa shape index (κ2) is 8.32. The molecule has 0 bridgehead atoms. The average molecular weight is 411 g/mol. The summed E-state index contributed by atoms with van der Waals surface area (Å²) < 4.78 is 3.15. The van der Waals surface area contributed by atoms with Crippen LogP contribution < -0.4 is 5.32 Å². The third kappa shape index (κ3) is 3.77. The van der Waals surface area contributed by atoms with E-state index in [4.69, 9.17) is 0 Å². The SMILES string of the molecule is CCCc1nnc(SCC(=O)Nc2ccc3c(c2)c2ccccc2n3CC)s1. The number of carbonyl (C=O) groups excluding carboxylic acids is 1. The van der Waals surface area contributed by atoms with Crippen molar-refractivity contribution in [1.82, 2.24) is 14.8 Å². The monoisotopic (exact) mass is 410 g/mol. The Balaban J connectivity index is 1.49. The molecule has 2 heterocycles. The summed E-state index contributed by atoms with van der Waals surface area (Å²) in [6.45, 7) is 5.18. The molecule has 2 aromatic heterocycles. The zero-order valence-corrected chi connectivity index (χ0v) is 17.6. The number of anilines is 1. The first-order valence-corrected chi connectivity index (χ1v) is 11.3. The Labute approximate surface area is 172 Å². The van der Waals surface area contributed by atoms with Crippen LogP contribution in [0.2, 0.25) is 0 Å². The number of aryl methyl sites for hydroxylation is 2.